The van der Waals surface area contributed by atoms with E-state index in [0.29, 0.717) is 0 Å². The third kappa shape index (κ3) is 3.44. The lowest BCUT2D eigenvalue weighted by molar-refractivity contribution is -0.171. The number of piperidine rings is 1. The summed E-state index contributed by atoms with van der Waals surface area (Å²) in [6.45, 7) is 3.59. The lowest BCUT2D eigenvalue weighted by Crippen LogP contribution is -2.59. The van der Waals surface area contributed by atoms with Crippen molar-refractivity contribution >= 4 is 11.9 Å². The molecule has 0 radical (unpaired) electrons. The number of ether oxygens (including phenoxy) is 1. The molecule has 1 amide bonds. The molecule has 1 heterocycles. The van der Waals surface area contributed by atoms with Gasteiger partial charge in [0.15, 0.2) is 0 Å². The molecule has 1 aliphatic rings. The molecule has 1 aromatic carbocycles. The monoisotopic (exact) mass is 335 g/mol. The van der Waals surface area contributed by atoms with Crippen molar-refractivity contribution in [1.82, 2.24) is 4.90 Å². The quantitative estimate of drug-likeness (QED) is 0.847. The molecule has 1 unspecified atom stereocenters. The van der Waals surface area contributed by atoms with E-state index in [-0.39, 0.29) is 31.8 Å². The van der Waals surface area contributed by atoms with Gasteiger partial charge in [0.2, 0.25) is 0 Å². The van der Waals surface area contributed by atoms with Gasteiger partial charge in [-0.25, -0.2) is 0 Å². The van der Waals surface area contributed by atoms with Crippen LogP contribution in [0.2, 0.25) is 0 Å². The molecule has 1 saturated heterocycles. The summed E-state index contributed by atoms with van der Waals surface area (Å²) in [4.78, 5) is 25.9. The summed E-state index contributed by atoms with van der Waals surface area (Å²) in [7, 11) is 1.45. The number of likely N-dealkylation sites (tertiary alicyclic amines) is 1. The Morgan fingerprint density at radius 2 is 1.96 bits per heavy atom. The van der Waals surface area contributed by atoms with Crippen molar-refractivity contribution < 1.29 is 24.5 Å². The van der Waals surface area contributed by atoms with Crippen molar-refractivity contribution in [1.29, 1.82) is 0 Å². The van der Waals surface area contributed by atoms with Crippen LogP contribution in [-0.4, -0.2) is 58.9 Å². The smallest absolute Gasteiger partial charge is 0.312 e. The Hall–Kier alpha value is -1.92. The number of hydrogen-bond donors (Lipinski definition) is 2. The van der Waals surface area contributed by atoms with E-state index in [2.05, 4.69) is 0 Å². The normalized spacial score (nSPS) is 24.7. The molecule has 1 aliphatic heterocycles. The van der Waals surface area contributed by atoms with E-state index < -0.39 is 23.1 Å². The number of carboxylic acid groups (broad SMARTS) is 1. The molecular formula is C18H25NO5. The molecule has 24 heavy (non-hydrogen) atoms. The fraction of sp³-hybridized carbons (Fsp3) is 0.556. The van der Waals surface area contributed by atoms with Gasteiger partial charge in [-0.1, -0.05) is 30.3 Å². The van der Waals surface area contributed by atoms with Crippen LogP contribution in [0.25, 0.3) is 0 Å². The Kier molecular flexibility index (Phi) is 5.30. The SMILES string of the molecule is COC(C)(C)C(=O)N1CC[C@](Cc2ccccc2)(C(=O)O)C(O)C1. The number of nitrogens with zero attached hydrogens (tertiary/aromatic N) is 1. The number of benzene rings is 1. The number of amides is 1. The van der Waals surface area contributed by atoms with E-state index in [1.54, 1.807) is 13.8 Å². The van der Waals surface area contributed by atoms with Gasteiger partial charge in [0.05, 0.1) is 6.10 Å². The van der Waals surface area contributed by atoms with E-state index in [1.165, 1.54) is 12.0 Å². The summed E-state index contributed by atoms with van der Waals surface area (Å²) in [5, 5.41) is 20.4. The number of methoxy groups -OCH3 is 1. The molecule has 1 aromatic rings. The number of aliphatic hydroxyl groups excluding tert-OH is 1. The highest BCUT2D eigenvalue weighted by Crippen LogP contribution is 2.36. The third-order valence-corrected chi connectivity index (χ3v) is 4.96. The van der Waals surface area contributed by atoms with Crippen LogP contribution in [0.15, 0.2) is 30.3 Å². The van der Waals surface area contributed by atoms with Gasteiger partial charge < -0.3 is 19.8 Å². The molecule has 0 saturated carbocycles. The number of aliphatic carboxylic acids is 1. The van der Waals surface area contributed by atoms with Crippen molar-refractivity contribution in [2.45, 2.75) is 38.4 Å². The maximum absolute atomic E-state index is 12.5. The molecule has 0 aliphatic carbocycles. The van der Waals surface area contributed by atoms with Crippen molar-refractivity contribution in [3.8, 4) is 0 Å². The highest BCUT2D eigenvalue weighted by atomic mass is 16.5. The van der Waals surface area contributed by atoms with Gasteiger partial charge in [0.25, 0.3) is 5.91 Å². The maximum atomic E-state index is 12.5. The predicted molar refractivity (Wildman–Crippen MR) is 88.5 cm³/mol. The lowest BCUT2D eigenvalue weighted by Gasteiger charge is -2.44. The minimum Gasteiger partial charge on any atom is -0.481 e. The van der Waals surface area contributed by atoms with Gasteiger partial charge >= 0.3 is 5.97 Å². The summed E-state index contributed by atoms with van der Waals surface area (Å²) in [6, 6.07) is 9.25. The van der Waals surface area contributed by atoms with Crippen molar-refractivity contribution in [2.24, 2.45) is 5.41 Å². The average molecular weight is 335 g/mol. The molecule has 0 aromatic heterocycles. The summed E-state index contributed by atoms with van der Waals surface area (Å²) in [5.74, 6) is -1.28. The Morgan fingerprint density at radius 3 is 2.46 bits per heavy atom. The van der Waals surface area contributed by atoms with Crippen molar-refractivity contribution in [2.75, 3.05) is 20.2 Å². The number of rotatable bonds is 5. The van der Waals surface area contributed by atoms with Crippen LogP contribution >= 0.6 is 0 Å². The summed E-state index contributed by atoms with van der Waals surface area (Å²) in [5.41, 5.74) is -1.42. The Morgan fingerprint density at radius 1 is 1.33 bits per heavy atom. The van der Waals surface area contributed by atoms with Crippen LogP contribution in [0, 0.1) is 5.41 Å². The van der Waals surface area contributed by atoms with E-state index in [9.17, 15) is 19.8 Å². The molecular weight excluding hydrogens is 310 g/mol. The Bertz CT molecular complexity index is 601. The minimum absolute atomic E-state index is 0.00917. The topological polar surface area (TPSA) is 87.1 Å². The Labute approximate surface area is 142 Å². The second-order valence-corrected chi connectivity index (χ2v) is 6.86. The second kappa shape index (κ2) is 6.91. The molecule has 0 spiro atoms. The summed E-state index contributed by atoms with van der Waals surface area (Å²) < 4.78 is 5.19. The molecule has 6 heteroatoms. The molecule has 2 atom stereocenters. The maximum Gasteiger partial charge on any atom is 0.312 e. The zero-order valence-electron chi connectivity index (χ0n) is 14.4. The highest BCUT2D eigenvalue weighted by Gasteiger charge is 2.50. The molecule has 2 N–H and O–H groups in total. The first-order valence-corrected chi connectivity index (χ1v) is 8.03. The number of aliphatic hydroxyl groups is 1. The van der Waals surface area contributed by atoms with Crippen LogP contribution in [0.4, 0.5) is 0 Å². The van der Waals surface area contributed by atoms with Gasteiger partial charge in [-0.3, -0.25) is 9.59 Å². The van der Waals surface area contributed by atoms with Gasteiger partial charge in [0.1, 0.15) is 11.0 Å². The third-order valence-electron chi connectivity index (χ3n) is 4.96. The first-order chi connectivity index (χ1) is 11.2. The van der Waals surface area contributed by atoms with E-state index in [0.717, 1.165) is 5.56 Å². The first-order valence-electron chi connectivity index (χ1n) is 8.03. The second-order valence-electron chi connectivity index (χ2n) is 6.86. The van der Waals surface area contributed by atoms with Crippen molar-refractivity contribution in [3.63, 3.8) is 0 Å². The van der Waals surface area contributed by atoms with E-state index in [4.69, 9.17) is 4.74 Å². The minimum atomic E-state index is -1.28. The number of carbonyl (C=O) groups excluding carboxylic acids is 1. The number of hydrogen-bond acceptors (Lipinski definition) is 4. The van der Waals surface area contributed by atoms with E-state index in [1.807, 2.05) is 30.3 Å². The lowest BCUT2D eigenvalue weighted by atomic mass is 9.71. The first kappa shape index (κ1) is 18.4. The number of carboxylic acids is 1. The standard InChI is InChI=1S/C18H25NO5/c1-17(2,24-3)15(21)19-10-9-18(16(22)23,14(20)12-19)11-13-7-5-4-6-8-13/h4-8,14,20H,9-12H2,1-3H3,(H,22,23)/t14?,18-/m1/s1. The summed E-state index contributed by atoms with van der Waals surface area (Å²) >= 11 is 0. The number of β-amino-alcohol motifs (C(OH)–C–C–N with tert-alkyl or cyclic N) is 1. The fourth-order valence-electron chi connectivity index (χ4n) is 3.12. The predicted octanol–water partition coefficient (Wildman–Crippen LogP) is 1.32. The molecule has 132 valence electrons. The molecule has 2 rings (SSSR count). The van der Waals surface area contributed by atoms with Gasteiger partial charge in [-0.15, -0.1) is 0 Å². The van der Waals surface area contributed by atoms with Crippen LogP contribution in [0.3, 0.4) is 0 Å². The molecule has 0 bridgehead atoms. The fourth-order valence-corrected chi connectivity index (χ4v) is 3.12. The highest BCUT2D eigenvalue weighted by molar-refractivity contribution is 5.85. The zero-order valence-corrected chi connectivity index (χ0v) is 14.4. The summed E-state index contributed by atoms with van der Waals surface area (Å²) in [6.07, 6.45) is -0.704. The van der Waals surface area contributed by atoms with Gasteiger partial charge in [-0.2, -0.15) is 0 Å². The van der Waals surface area contributed by atoms with Gasteiger partial charge in [0, 0.05) is 20.2 Å². The van der Waals surface area contributed by atoms with Gasteiger partial charge in [-0.05, 0) is 32.3 Å². The van der Waals surface area contributed by atoms with Crippen molar-refractivity contribution in [3.05, 3.63) is 35.9 Å². The van der Waals surface area contributed by atoms with Crippen LogP contribution in [0.1, 0.15) is 25.8 Å². The van der Waals surface area contributed by atoms with Crippen LogP contribution in [-0.2, 0) is 20.7 Å². The number of carbonyl (C=O) groups is 2. The van der Waals surface area contributed by atoms with Crippen LogP contribution in [0.5, 0.6) is 0 Å². The average Bonchev–Trinajstić information content (AvgIpc) is 2.56. The van der Waals surface area contributed by atoms with E-state index >= 15 is 0 Å². The zero-order chi connectivity index (χ0) is 18.0. The largest absolute Gasteiger partial charge is 0.481 e. The molecule has 1 fully saturated rings. The molecule has 6 nitrogen and oxygen atoms in total. The van der Waals surface area contributed by atoms with Crippen LogP contribution < -0.4 is 0 Å². The Balaban J connectivity index is 2.20.